The Morgan fingerprint density at radius 2 is 1.83 bits per heavy atom. The number of aromatic nitrogens is 2. The molecule has 0 atom stereocenters. The van der Waals surface area contributed by atoms with E-state index in [2.05, 4.69) is 0 Å². The Balaban J connectivity index is 1.72. The van der Waals surface area contributed by atoms with Crippen molar-refractivity contribution >= 4 is 5.97 Å². The minimum Gasteiger partial charge on any atom is -0.493 e. The van der Waals surface area contributed by atoms with Crippen LogP contribution in [0.4, 0.5) is 4.39 Å². The van der Waals surface area contributed by atoms with Gasteiger partial charge < -0.3 is 9.47 Å². The van der Waals surface area contributed by atoms with Crippen LogP contribution in [0.3, 0.4) is 0 Å². The molecule has 24 heavy (non-hydrogen) atoms. The highest BCUT2D eigenvalue weighted by atomic mass is 19.1. The van der Waals surface area contributed by atoms with Gasteiger partial charge in [-0.25, -0.2) is 9.18 Å². The highest BCUT2D eigenvalue weighted by molar-refractivity contribution is 5.69. The minimum atomic E-state index is -0.586. The number of rotatable bonds is 7. The lowest BCUT2D eigenvalue weighted by Crippen LogP contribution is -2.38. The predicted octanol–water partition coefficient (Wildman–Crippen LogP) is 0.698. The Labute approximate surface area is 136 Å². The fourth-order valence-corrected chi connectivity index (χ4v) is 1.89. The molecule has 0 aliphatic rings. The van der Waals surface area contributed by atoms with Gasteiger partial charge in [0.25, 0.3) is 5.56 Å². The topological polar surface area (TPSA) is 79.5 Å². The second-order valence-corrected chi connectivity index (χ2v) is 5.00. The quantitative estimate of drug-likeness (QED) is 0.549. The summed E-state index contributed by atoms with van der Waals surface area (Å²) in [5, 5.41) is 0. The van der Waals surface area contributed by atoms with Crippen LogP contribution < -0.4 is 16.0 Å². The molecule has 128 valence electrons. The van der Waals surface area contributed by atoms with Crippen molar-refractivity contribution in [2.75, 3.05) is 13.2 Å². The van der Waals surface area contributed by atoms with Gasteiger partial charge in [0.2, 0.25) is 0 Å². The van der Waals surface area contributed by atoms with Crippen LogP contribution in [0.2, 0.25) is 0 Å². The average Bonchev–Trinajstić information content (AvgIpc) is 2.57. The standard InChI is InChI=1S/C16H17FN2O5/c1-18-14(20)7-8-19(16(18)22)11-15(21)24-10-2-9-23-13-5-3-12(17)4-6-13/h3-8H,2,9-11H2,1H3. The number of hydrogen-bond donors (Lipinski definition) is 0. The van der Waals surface area contributed by atoms with E-state index in [4.69, 9.17) is 9.47 Å². The normalized spacial score (nSPS) is 10.4. The Bertz CT molecular complexity index is 810. The van der Waals surface area contributed by atoms with E-state index in [1.807, 2.05) is 0 Å². The second-order valence-electron chi connectivity index (χ2n) is 5.00. The summed E-state index contributed by atoms with van der Waals surface area (Å²) in [6.45, 7) is 0.158. The Morgan fingerprint density at radius 1 is 1.12 bits per heavy atom. The fourth-order valence-electron chi connectivity index (χ4n) is 1.89. The zero-order valence-corrected chi connectivity index (χ0v) is 13.1. The van der Waals surface area contributed by atoms with Crippen LogP contribution in [0.25, 0.3) is 0 Å². The van der Waals surface area contributed by atoms with Gasteiger partial charge in [-0.15, -0.1) is 0 Å². The molecule has 0 unspecified atom stereocenters. The number of hydrogen-bond acceptors (Lipinski definition) is 5. The lowest BCUT2D eigenvalue weighted by molar-refractivity contribution is -0.144. The number of esters is 1. The van der Waals surface area contributed by atoms with Crippen molar-refractivity contribution in [3.8, 4) is 5.75 Å². The van der Waals surface area contributed by atoms with Crippen LogP contribution in [-0.4, -0.2) is 28.3 Å². The molecule has 0 spiro atoms. The summed E-state index contributed by atoms with van der Waals surface area (Å²) in [7, 11) is 1.33. The molecule has 2 rings (SSSR count). The van der Waals surface area contributed by atoms with Crippen molar-refractivity contribution in [2.24, 2.45) is 7.05 Å². The van der Waals surface area contributed by atoms with Gasteiger partial charge >= 0.3 is 11.7 Å². The number of nitrogens with zero attached hydrogens (tertiary/aromatic N) is 2. The Morgan fingerprint density at radius 3 is 2.54 bits per heavy atom. The zero-order valence-electron chi connectivity index (χ0n) is 13.1. The average molecular weight is 336 g/mol. The number of carbonyl (C=O) groups excluding carboxylic acids is 1. The van der Waals surface area contributed by atoms with Gasteiger partial charge in [-0.3, -0.25) is 18.7 Å². The van der Waals surface area contributed by atoms with Gasteiger partial charge in [0, 0.05) is 25.7 Å². The van der Waals surface area contributed by atoms with Crippen LogP contribution in [0.15, 0.2) is 46.1 Å². The van der Waals surface area contributed by atoms with Gasteiger partial charge in [-0.2, -0.15) is 0 Å². The molecule has 8 heteroatoms. The summed E-state index contributed by atoms with van der Waals surface area (Å²) in [6.07, 6.45) is 1.70. The van der Waals surface area contributed by atoms with Crippen molar-refractivity contribution in [1.29, 1.82) is 0 Å². The van der Waals surface area contributed by atoms with Gasteiger partial charge in [0.1, 0.15) is 18.1 Å². The largest absolute Gasteiger partial charge is 0.493 e. The van der Waals surface area contributed by atoms with Crippen LogP contribution in [-0.2, 0) is 23.1 Å². The first-order chi connectivity index (χ1) is 11.5. The van der Waals surface area contributed by atoms with Crippen LogP contribution in [0.1, 0.15) is 6.42 Å². The molecular weight excluding hydrogens is 319 g/mol. The maximum atomic E-state index is 12.7. The third kappa shape index (κ3) is 4.80. The SMILES string of the molecule is Cn1c(=O)ccn(CC(=O)OCCCOc2ccc(F)cc2)c1=O. The molecule has 0 radical (unpaired) electrons. The summed E-state index contributed by atoms with van der Waals surface area (Å²) < 4.78 is 25.1. The summed E-state index contributed by atoms with van der Waals surface area (Å²) in [5.41, 5.74) is -1.03. The third-order valence-electron chi connectivity index (χ3n) is 3.19. The Hall–Kier alpha value is -2.90. The second kappa shape index (κ2) is 8.09. The number of benzene rings is 1. The molecule has 0 bridgehead atoms. The summed E-state index contributed by atoms with van der Waals surface area (Å²) in [5.74, 6) is -0.401. The molecule has 0 aliphatic heterocycles. The monoisotopic (exact) mass is 336 g/mol. The van der Waals surface area contributed by atoms with Gasteiger partial charge in [-0.1, -0.05) is 0 Å². The van der Waals surface area contributed by atoms with Gasteiger partial charge in [-0.05, 0) is 24.3 Å². The fraction of sp³-hybridized carbons (Fsp3) is 0.312. The predicted molar refractivity (Wildman–Crippen MR) is 83.4 cm³/mol. The molecule has 0 aliphatic carbocycles. The van der Waals surface area contributed by atoms with Crippen molar-refractivity contribution < 1.29 is 18.7 Å². The summed E-state index contributed by atoms with van der Waals surface area (Å²) >= 11 is 0. The van der Waals surface area contributed by atoms with E-state index in [1.165, 1.54) is 43.6 Å². The van der Waals surface area contributed by atoms with E-state index in [1.54, 1.807) is 0 Å². The lowest BCUT2D eigenvalue weighted by Gasteiger charge is -2.08. The molecule has 0 saturated heterocycles. The minimum absolute atomic E-state index is 0.126. The van der Waals surface area contributed by atoms with E-state index < -0.39 is 17.2 Å². The van der Waals surface area contributed by atoms with Crippen LogP contribution in [0, 0.1) is 5.82 Å². The molecule has 7 nitrogen and oxygen atoms in total. The molecule has 0 saturated carbocycles. The first kappa shape index (κ1) is 17.5. The van der Waals surface area contributed by atoms with E-state index in [9.17, 15) is 18.8 Å². The third-order valence-corrected chi connectivity index (χ3v) is 3.19. The smallest absolute Gasteiger partial charge is 0.331 e. The molecule has 1 aromatic carbocycles. The number of halogens is 1. The van der Waals surface area contributed by atoms with Gasteiger partial charge in [0.15, 0.2) is 0 Å². The number of ether oxygens (including phenoxy) is 2. The summed E-state index contributed by atoms with van der Waals surface area (Å²) in [6, 6.07) is 6.80. The molecule has 1 heterocycles. The highest BCUT2D eigenvalue weighted by Gasteiger charge is 2.08. The highest BCUT2D eigenvalue weighted by Crippen LogP contribution is 2.11. The molecule has 0 N–H and O–H groups in total. The van der Waals surface area contributed by atoms with Gasteiger partial charge in [0.05, 0.1) is 13.2 Å². The van der Waals surface area contributed by atoms with Crippen molar-refractivity contribution in [3.05, 3.63) is 63.2 Å². The van der Waals surface area contributed by atoms with Crippen molar-refractivity contribution in [1.82, 2.24) is 9.13 Å². The summed E-state index contributed by atoms with van der Waals surface area (Å²) in [4.78, 5) is 34.7. The molecular formula is C16H17FN2O5. The first-order valence-electron chi connectivity index (χ1n) is 7.28. The first-order valence-corrected chi connectivity index (χ1v) is 7.28. The zero-order chi connectivity index (χ0) is 17.5. The van der Waals surface area contributed by atoms with E-state index in [0.29, 0.717) is 18.8 Å². The van der Waals surface area contributed by atoms with Crippen LogP contribution >= 0.6 is 0 Å². The molecule has 2 aromatic rings. The van der Waals surface area contributed by atoms with Crippen molar-refractivity contribution in [3.63, 3.8) is 0 Å². The molecule has 0 amide bonds. The Kier molecular flexibility index (Phi) is 5.89. The maximum absolute atomic E-state index is 12.7. The number of carbonyl (C=O) groups is 1. The molecule has 0 fully saturated rings. The van der Waals surface area contributed by atoms with E-state index >= 15 is 0 Å². The maximum Gasteiger partial charge on any atom is 0.331 e. The lowest BCUT2D eigenvalue weighted by atomic mass is 10.3. The van der Waals surface area contributed by atoms with E-state index in [0.717, 1.165) is 9.13 Å². The molecule has 1 aromatic heterocycles. The van der Waals surface area contributed by atoms with Crippen molar-refractivity contribution in [2.45, 2.75) is 13.0 Å². The van der Waals surface area contributed by atoms with E-state index in [-0.39, 0.29) is 19.0 Å². The van der Waals surface area contributed by atoms with Crippen LogP contribution in [0.5, 0.6) is 5.75 Å².